The first kappa shape index (κ1) is 15.7. The SMILES string of the molecule is CCOC(=O)CCCNC(=O)c1cc(C)c(CC)s1. The lowest BCUT2D eigenvalue weighted by atomic mass is 10.2. The van der Waals surface area contributed by atoms with E-state index in [2.05, 4.69) is 12.2 Å². The second-order valence-electron chi connectivity index (χ2n) is 4.23. The maximum Gasteiger partial charge on any atom is 0.305 e. The number of amides is 1. The van der Waals surface area contributed by atoms with Crippen LogP contribution in [-0.2, 0) is 16.0 Å². The Labute approximate surface area is 118 Å². The van der Waals surface area contributed by atoms with Crippen molar-refractivity contribution in [2.75, 3.05) is 13.2 Å². The van der Waals surface area contributed by atoms with Crippen LogP contribution in [0.15, 0.2) is 6.07 Å². The van der Waals surface area contributed by atoms with Crippen LogP contribution in [0.5, 0.6) is 0 Å². The summed E-state index contributed by atoms with van der Waals surface area (Å²) in [6.45, 7) is 6.78. The molecule has 4 nitrogen and oxygen atoms in total. The quantitative estimate of drug-likeness (QED) is 0.618. The Morgan fingerprint density at radius 1 is 1.37 bits per heavy atom. The highest BCUT2D eigenvalue weighted by atomic mass is 32.1. The van der Waals surface area contributed by atoms with Crippen LogP contribution >= 0.6 is 11.3 Å². The van der Waals surface area contributed by atoms with E-state index in [1.165, 1.54) is 21.8 Å². The largest absolute Gasteiger partial charge is 0.466 e. The highest BCUT2D eigenvalue weighted by Crippen LogP contribution is 2.22. The minimum Gasteiger partial charge on any atom is -0.466 e. The molecule has 0 radical (unpaired) electrons. The van der Waals surface area contributed by atoms with E-state index in [1.54, 1.807) is 6.92 Å². The van der Waals surface area contributed by atoms with Crippen molar-refractivity contribution in [1.82, 2.24) is 5.32 Å². The molecule has 1 amide bonds. The number of aryl methyl sites for hydroxylation is 2. The van der Waals surface area contributed by atoms with Gasteiger partial charge in [0.15, 0.2) is 0 Å². The Bertz CT molecular complexity index is 440. The summed E-state index contributed by atoms with van der Waals surface area (Å²) in [7, 11) is 0. The summed E-state index contributed by atoms with van der Waals surface area (Å²) in [6.07, 6.45) is 1.90. The first-order valence-corrected chi connectivity index (χ1v) is 7.43. The average molecular weight is 283 g/mol. The van der Waals surface area contributed by atoms with Gasteiger partial charge in [0, 0.05) is 17.8 Å². The molecule has 1 aromatic heterocycles. The predicted octanol–water partition coefficient (Wildman–Crippen LogP) is 2.69. The van der Waals surface area contributed by atoms with Crippen molar-refractivity contribution in [3.8, 4) is 0 Å². The summed E-state index contributed by atoms with van der Waals surface area (Å²) >= 11 is 1.54. The number of carbonyl (C=O) groups is 2. The number of carbonyl (C=O) groups excluding carboxylic acids is 2. The molecule has 0 fully saturated rings. The number of hydrogen-bond donors (Lipinski definition) is 1. The first-order chi connectivity index (χ1) is 9.08. The lowest BCUT2D eigenvalue weighted by Crippen LogP contribution is -2.24. The topological polar surface area (TPSA) is 55.4 Å². The van der Waals surface area contributed by atoms with Gasteiger partial charge in [-0.15, -0.1) is 11.3 Å². The zero-order valence-corrected chi connectivity index (χ0v) is 12.6. The molecule has 106 valence electrons. The molecule has 0 unspecified atom stereocenters. The van der Waals surface area contributed by atoms with Gasteiger partial charge in [-0.25, -0.2) is 0 Å². The molecule has 1 aromatic rings. The van der Waals surface area contributed by atoms with E-state index < -0.39 is 0 Å². The minimum atomic E-state index is -0.211. The monoisotopic (exact) mass is 283 g/mol. The van der Waals surface area contributed by atoms with Gasteiger partial charge in [-0.1, -0.05) is 6.92 Å². The molecule has 0 aliphatic heterocycles. The van der Waals surface area contributed by atoms with E-state index in [0.29, 0.717) is 26.0 Å². The maximum atomic E-state index is 11.9. The third kappa shape index (κ3) is 5.03. The number of hydrogen-bond acceptors (Lipinski definition) is 4. The summed E-state index contributed by atoms with van der Waals surface area (Å²) in [5.74, 6) is -0.270. The Hall–Kier alpha value is -1.36. The van der Waals surface area contributed by atoms with Crippen LogP contribution < -0.4 is 5.32 Å². The van der Waals surface area contributed by atoms with Crippen LogP contribution in [0.1, 0.15) is 46.8 Å². The van der Waals surface area contributed by atoms with Gasteiger partial charge in [-0.05, 0) is 38.3 Å². The number of thiophene rings is 1. The molecule has 1 rings (SSSR count). The van der Waals surface area contributed by atoms with Crippen LogP contribution in [0, 0.1) is 6.92 Å². The fourth-order valence-electron chi connectivity index (χ4n) is 1.74. The van der Waals surface area contributed by atoms with Gasteiger partial charge in [-0.3, -0.25) is 9.59 Å². The van der Waals surface area contributed by atoms with E-state index in [-0.39, 0.29) is 11.9 Å². The van der Waals surface area contributed by atoms with Gasteiger partial charge in [0.2, 0.25) is 0 Å². The van der Waals surface area contributed by atoms with Crippen molar-refractivity contribution < 1.29 is 14.3 Å². The van der Waals surface area contributed by atoms with Crippen LogP contribution in [0.4, 0.5) is 0 Å². The molecule has 0 saturated heterocycles. The molecule has 0 atom stereocenters. The summed E-state index contributed by atoms with van der Waals surface area (Å²) in [6, 6.07) is 1.92. The van der Waals surface area contributed by atoms with E-state index in [4.69, 9.17) is 4.74 Å². The molecule has 0 bridgehead atoms. The molecule has 1 heterocycles. The van der Waals surface area contributed by atoms with Crippen molar-refractivity contribution in [2.45, 2.75) is 40.0 Å². The molecular weight excluding hydrogens is 262 g/mol. The Morgan fingerprint density at radius 2 is 2.11 bits per heavy atom. The molecule has 0 spiro atoms. The highest BCUT2D eigenvalue weighted by molar-refractivity contribution is 7.14. The molecule has 0 aromatic carbocycles. The van der Waals surface area contributed by atoms with Crippen molar-refractivity contribution >= 4 is 23.2 Å². The normalized spacial score (nSPS) is 10.3. The lowest BCUT2D eigenvalue weighted by molar-refractivity contribution is -0.143. The zero-order chi connectivity index (χ0) is 14.3. The lowest BCUT2D eigenvalue weighted by Gasteiger charge is -2.03. The van der Waals surface area contributed by atoms with Crippen LogP contribution in [0.2, 0.25) is 0 Å². The van der Waals surface area contributed by atoms with Gasteiger partial charge in [-0.2, -0.15) is 0 Å². The molecule has 19 heavy (non-hydrogen) atoms. The second kappa shape index (κ2) is 7.94. The van der Waals surface area contributed by atoms with Crippen LogP contribution in [-0.4, -0.2) is 25.0 Å². The summed E-state index contributed by atoms with van der Waals surface area (Å²) in [5, 5.41) is 2.82. The van der Waals surface area contributed by atoms with Crippen molar-refractivity contribution in [2.24, 2.45) is 0 Å². The standard InChI is InChI=1S/C14H21NO3S/c1-4-11-10(3)9-12(19-11)14(17)15-8-6-7-13(16)18-5-2/h9H,4-8H2,1-3H3,(H,15,17). The van der Waals surface area contributed by atoms with E-state index in [9.17, 15) is 9.59 Å². The van der Waals surface area contributed by atoms with Crippen molar-refractivity contribution in [3.05, 3.63) is 21.4 Å². The maximum absolute atomic E-state index is 11.9. The van der Waals surface area contributed by atoms with Gasteiger partial charge < -0.3 is 10.1 Å². The van der Waals surface area contributed by atoms with Gasteiger partial charge in [0.1, 0.15) is 0 Å². The number of esters is 1. The Balaban J connectivity index is 2.33. The van der Waals surface area contributed by atoms with E-state index in [1.807, 2.05) is 13.0 Å². The summed E-state index contributed by atoms with van der Waals surface area (Å²) < 4.78 is 4.82. The van der Waals surface area contributed by atoms with Gasteiger partial charge in [0.05, 0.1) is 11.5 Å². The van der Waals surface area contributed by atoms with Crippen LogP contribution in [0.25, 0.3) is 0 Å². The van der Waals surface area contributed by atoms with Crippen molar-refractivity contribution in [1.29, 1.82) is 0 Å². The van der Waals surface area contributed by atoms with Gasteiger partial charge in [0.25, 0.3) is 5.91 Å². The van der Waals surface area contributed by atoms with Crippen LogP contribution in [0.3, 0.4) is 0 Å². The minimum absolute atomic E-state index is 0.0586. The van der Waals surface area contributed by atoms with E-state index >= 15 is 0 Å². The third-order valence-electron chi connectivity index (χ3n) is 2.71. The summed E-state index contributed by atoms with van der Waals surface area (Å²) in [4.78, 5) is 25.0. The molecule has 1 N–H and O–H groups in total. The zero-order valence-electron chi connectivity index (χ0n) is 11.7. The molecule has 0 saturated carbocycles. The van der Waals surface area contributed by atoms with Gasteiger partial charge >= 0.3 is 5.97 Å². The van der Waals surface area contributed by atoms with E-state index in [0.717, 1.165) is 11.3 Å². The Morgan fingerprint density at radius 3 is 2.68 bits per heavy atom. The molecular formula is C14H21NO3S. The predicted molar refractivity (Wildman–Crippen MR) is 76.6 cm³/mol. The second-order valence-corrected chi connectivity index (χ2v) is 5.37. The number of rotatable bonds is 7. The molecule has 5 heteroatoms. The average Bonchev–Trinajstić information content (AvgIpc) is 2.76. The molecule has 0 aliphatic carbocycles. The Kier molecular flexibility index (Phi) is 6.56. The third-order valence-corrected chi connectivity index (χ3v) is 4.09. The highest BCUT2D eigenvalue weighted by Gasteiger charge is 2.11. The first-order valence-electron chi connectivity index (χ1n) is 6.61. The van der Waals surface area contributed by atoms with Crippen molar-refractivity contribution in [3.63, 3.8) is 0 Å². The number of nitrogens with one attached hydrogen (secondary N) is 1. The smallest absolute Gasteiger partial charge is 0.305 e. The fraction of sp³-hybridized carbons (Fsp3) is 0.571. The summed E-state index contributed by atoms with van der Waals surface area (Å²) in [5.41, 5.74) is 1.17. The number of ether oxygens (including phenoxy) is 1. The molecule has 0 aliphatic rings. The fourth-order valence-corrected chi connectivity index (χ4v) is 2.77.